The van der Waals surface area contributed by atoms with E-state index in [1.807, 2.05) is 32.9 Å². The predicted molar refractivity (Wildman–Crippen MR) is 123 cm³/mol. The molecular formula is C24H38N4O3. The van der Waals surface area contributed by atoms with Crippen LogP contribution in [0.5, 0.6) is 0 Å². The van der Waals surface area contributed by atoms with Crippen molar-refractivity contribution in [3.63, 3.8) is 0 Å². The van der Waals surface area contributed by atoms with Crippen LogP contribution >= 0.6 is 0 Å². The molecule has 0 radical (unpaired) electrons. The van der Waals surface area contributed by atoms with Crippen LogP contribution in [0.2, 0.25) is 0 Å². The number of ether oxygens (including phenoxy) is 1. The highest BCUT2D eigenvalue weighted by Gasteiger charge is 2.34. The van der Waals surface area contributed by atoms with E-state index < -0.39 is 17.7 Å². The largest absolute Gasteiger partial charge is 0.444 e. The van der Waals surface area contributed by atoms with E-state index in [9.17, 15) is 9.59 Å². The summed E-state index contributed by atoms with van der Waals surface area (Å²) in [6, 6.07) is 7.59. The molecule has 3 rings (SSSR count). The Bertz CT molecular complexity index is 736. The van der Waals surface area contributed by atoms with Gasteiger partial charge in [0.05, 0.1) is 0 Å². The number of nitrogens with zero attached hydrogens (tertiary/aromatic N) is 3. The number of hydrogen-bond donors (Lipinski definition) is 1. The molecule has 2 heterocycles. The van der Waals surface area contributed by atoms with Gasteiger partial charge in [0.2, 0.25) is 5.91 Å². The smallest absolute Gasteiger partial charge is 0.410 e. The van der Waals surface area contributed by atoms with E-state index >= 15 is 0 Å². The van der Waals surface area contributed by atoms with Crippen molar-refractivity contribution >= 4 is 17.7 Å². The molecule has 31 heavy (non-hydrogen) atoms. The van der Waals surface area contributed by atoms with Crippen LogP contribution in [-0.2, 0) is 16.0 Å². The molecule has 2 amide bonds. The zero-order valence-corrected chi connectivity index (χ0v) is 19.5. The van der Waals surface area contributed by atoms with Gasteiger partial charge in [0.15, 0.2) is 0 Å². The van der Waals surface area contributed by atoms with Gasteiger partial charge in [-0.25, -0.2) is 4.79 Å². The first kappa shape index (κ1) is 23.5. The third-order valence-electron chi connectivity index (χ3n) is 5.97. The highest BCUT2D eigenvalue weighted by Crippen LogP contribution is 2.22. The number of piperazine rings is 1. The first-order valence-electron chi connectivity index (χ1n) is 11.5. The molecule has 172 valence electrons. The van der Waals surface area contributed by atoms with Gasteiger partial charge in [0.1, 0.15) is 11.6 Å². The molecule has 2 aliphatic rings. The zero-order valence-electron chi connectivity index (χ0n) is 19.5. The minimum Gasteiger partial charge on any atom is -0.444 e. The fraction of sp³-hybridized carbons (Fsp3) is 0.667. The summed E-state index contributed by atoms with van der Waals surface area (Å²) in [5, 5.41) is 2.99. The molecule has 0 saturated carbocycles. The van der Waals surface area contributed by atoms with Crippen molar-refractivity contribution in [1.29, 1.82) is 0 Å². The molecule has 2 saturated heterocycles. The Balaban J connectivity index is 1.52. The molecule has 1 atom stereocenters. The summed E-state index contributed by atoms with van der Waals surface area (Å²) in [6.07, 6.45) is 3.08. The molecule has 2 aliphatic heterocycles. The first-order valence-corrected chi connectivity index (χ1v) is 11.5. The first-order chi connectivity index (χ1) is 14.7. The Hall–Kier alpha value is -2.12. The second kappa shape index (κ2) is 10.5. The van der Waals surface area contributed by atoms with Crippen LogP contribution < -0.4 is 5.32 Å². The van der Waals surface area contributed by atoms with E-state index in [0.29, 0.717) is 13.0 Å². The maximum Gasteiger partial charge on any atom is 0.410 e. The van der Waals surface area contributed by atoms with Crippen molar-refractivity contribution in [2.24, 2.45) is 0 Å². The van der Waals surface area contributed by atoms with Gasteiger partial charge in [-0.15, -0.1) is 0 Å². The van der Waals surface area contributed by atoms with Crippen LogP contribution in [0.25, 0.3) is 0 Å². The number of rotatable bonds is 5. The highest BCUT2D eigenvalue weighted by atomic mass is 16.6. The molecule has 0 spiro atoms. The van der Waals surface area contributed by atoms with E-state index in [1.54, 1.807) is 4.90 Å². The topological polar surface area (TPSA) is 65.1 Å². The number of hydrogen-bond acceptors (Lipinski definition) is 5. The number of piperidine rings is 1. The average molecular weight is 431 g/mol. The molecule has 2 fully saturated rings. The standard InChI is InChI=1S/C24H38N4O3/c1-24(2,3)31-23(30)28-13-6-5-7-21(28)22(29)25-20-10-8-19(9-11-20)12-14-27-17-15-26(4)16-18-27/h8-11,21H,5-7,12-18H2,1-4H3,(H,25,29)/t21-/m1/s1. The molecule has 0 aromatic heterocycles. The fourth-order valence-electron chi connectivity index (χ4n) is 4.08. The Morgan fingerprint density at radius 1 is 1.03 bits per heavy atom. The van der Waals surface area contributed by atoms with Gasteiger partial charge in [0.25, 0.3) is 0 Å². The number of carbonyl (C=O) groups is 2. The third kappa shape index (κ3) is 7.21. The zero-order chi connectivity index (χ0) is 22.4. The summed E-state index contributed by atoms with van der Waals surface area (Å²) in [6.45, 7) is 11.7. The predicted octanol–water partition coefficient (Wildman–Crippen LogP) is 3.20. The molecular weight excluding hydrogens is 392 g/mol. The SMILES string of the molecule is CN1CCN(CCc2ccc(NC(=O)[C@H]3CCCCN3C(=O)OC(C)(C)C)cc2)CC1. The summed E-state index contributed by atoms with van der Waals surface area (Å²) in [7, 11) is 2.17. The summed E-state index contributed by atoms with van der Waals surface area (Å²) in [5.41, 5.74) is 1.46. The Morgan fingerprint density at radius 2 is 1.71 bits per heavy atom. The quantitative estimate of drug-likeness (QED) is 0.777. The van der Waals surface area contributed by atoms with Gasteiger partial charge in [-0.2, -0.15) is 0 Å². The second-order valence-electron chi connectivity index (χ2n) is 9.77. The second-order valence-corrected chi connectivity index (χ2v) is 9.77. The van der Waals surface area contributed by atoms with E-state index in [2.05, 4.69) is 34.3 Å². The number of carbonyl (C=O) groups excluding carboxylic acids is 2. The van der Waals surface area contributed by atoms with Crippen molar-refractivity contribution in [2.45, 2.75) is 58.1 Å². The van der Waals surface area contributed by atoms with E-state index in [0.717, 1.165) is 57.7 Å². The van der Waals surface area contributed by atoms with Gasteiger partial charge < -0.3 is 19.9 Å². The van der Waals surface area contributed by atoms with Crippen LogP contribution in [0.1, 0.15) is 45.6 Å². The maximum atomic E-state index is 12.9. The van der Waals surface area contributed by atoms with Crippen molar-refractivity contribution < 1.29 is 14.3 Å². The van der Waals surface area contributed by atoms with Crippen LogP contribution in [0, 0.1) is 0 Å². The molecule has 7 nitrogen and oxygen atoms in total. The molecule has 1 aromatic rings. The Kier molecular flexibility index (Phi) is 7.94. The van der Waals surface area contributed by atoms with E-state index in [4.69, 9.17) is 4.74 Å². The molecule has 7 heteroatoms. The molecule has 1 N–H and O–H groups in total. The van der Waals surface area contributed by atoms with Crippen molar-refractivity contribution in [3.05, 3.63) is 29.8 Å². The lowest BCUT2D eigenvalue weighted by Crippen LogP contribution is -2.51. The molecule has 0 bridgehead atoms. The molecule has 0 aliphatic carbocycles. The van der Waals surface area contributed by atoms with Crippen molar-refractivity contribution in [1.82, 2.24) is 14.7 Å². The van der Waals surface area contributed by atoms with Gasteiger partial charge >= 0.3 is 6.09 Å². The summed E-state index contributed by atoms with van der Waals surface area (Å²) < 4.78 is 5.51. The molecule has 0 unspecified atom stereocenters. The van der Waals surface area contributed by atoms with Crippen molar-refractivity contribution in [3.8, 4) is 0 Å². The van der Waals surface area contributed by atoms with Crippen LogP contribution in [0.4, 0.5) is 10.5 Å². The fourth-order valence-corrected chi connectivity index (χ4v) is 4.08. The number of benzene rings is 1. The van der Waals surface area contributed by atoms with Crippen molar-refractivity contribution in [2.75, 3.05) is 51.6 Å². The van der Waals surface area contributed by atoms with Gasteiger partial charge in [-0.3, -0.25) is 9.69 Å². The molecule has 1 aromatic carbocycles. The monoisotopic (exact) mass is 430 g/mol. The van der Waals surface area contributed by atoms with Gasteiger partial charge in [0, 0.05) is 45.0 Å². The summed E-state index contributed by atoms with van der Waals surface area (Å²) in [4.78, 5) is 31.9. The lowest BCUT2D eigenvalue weighted by molar-refractivity contribution is -0.122. The van der Waals surface area contributed by atoms with Crippen LogP contribution in [-0.4, -0.2) is 84.7 Å². The normalized spacial score (nSPS) is 21.0. The lowest BCUT2D eigenvalue weighted by atomic mass is 10.0. The minimum absolute atomic E-state index is 0.143. The van der Waals surface area contributed by atoms with E-state index in [1.165, 1.54) is 5.56 Å². The van der Waals surface area contributed by atoms with E-state index in [-0.39, 0.29) is 5.91 Å². The van der Waals surface area contributed by atoms with Crippen LogP contribution in [0.3, 0.4) is 0 Å². The minimum atomic E-state index is -0.574. The number of anilines is 1. The van der Waals surface area contributed by atoms with Gasteiger partial charge in [-0.1, -0.05) is 12.1 Å². The number of nitrogens with one attached hydrogen (secondary N) is 1. The van der Waals surface area contributed by atoms with Crippen LogP contribution in [0.15, 0.2) is 24.3 Å². The number of likely N-dealkylation sites (N-methyl/N-ethyl adjacent to an activating group) is 1. The number of amides is 2. The highest BCUT2D eigenvalue weighted by molar-refractivity contribution is 5.96. The third-order valence-corrected chi connectivity index (χ3v) is 5.97. The Labute approximate surface area is 186 Å². The summed E-state index contributed by atoms with van der Waals surface area (Å²) in [5.74, 6) is -0.143. The maximum absolute atomic E-state index is 12.9. The average Bonchev–Trinajstić information content (AvgIpc) is 2.73. The Morgan fingerprint density at radius 3 is 2.35 bits per heavy atom. The summed E-state index contributed by atoms with van der Waals surface area (Å²) >= 11 is 0. The van der Waals surface area contributed by atoms with Gasteiger partial charge in [-0.05, 0) is 71.2 Å². The lowest BCUT2D eigenvalue weighted by Gasteiger charge is -2.35. The number of likely N-dealkylation sites (tertiary alicyclic amines) is 1.